The van der Waals surface area contributed by atoms with Crippen molar-refractivity contribution in [2.24, 2.45) is 12.1 Å². The summed E-state index contributed by atoms with van der Waals surface area (Å²) in [5.74, 6) is 0.360. The fourth-order valence-electron chi connectivity index (χ4n) is 2.60. The number of H-pyrrole nitrogens is 1. The Balaban J connectivity index is 2.07. The van der Waals surface area contributed by atoms with E-state index in [2.05, 4.69) is 20.5 Å². The van der Waals surface area contributed by atoms with Gasteiger partial charge < -0.3 is 9.30 Å². The van der Waals surface area contributed by atoms with Crippen molar-refractivity contribution in [3.05, 3.63) is 56.7 Å². The van der Waals surface area contributed by atoms with E-state index in [9.17, 15) is 9.59 Å². The van der Waals surface area contributed by atoms with Crippen LogP contribution in [0.3, 0.4) is 0 Å². The van der Waals surface area contributed by atoms with Crippen LogP contribution in [0.25, 0.3) is 11.2 Å². The van der Waals surface area contributed by atoms with E-state index < -0.39 is 11.2 Å². The first-order valence-corrected chi connectivity index (χ1v) is 8.07. The minimum Gasteiger partial charge on any atom is -0.383 e. The van der Waals surface area contributed by atoms with Crippen LogP contribution in [0.2, 0.25) is 0 Å². The molecule has 0 amide bonds. The quantitative estimate of drug-likeness (QED) is 0.504. The number of aromatic amines is 1. The molecule has 0 fully saturated rings. The van der Waals surface area contributed by atoms with Crippen LogP contribution in [0.4, 0.5) is 5.95 Å². The van der Waals surface area contributed by atoms with Gasteiger partial charge in [0.15, 0.2) is 11.2 Å². The Bertz CT molecular complexity index is 1060. The molecule has 0 aliphatic heterocycles. The lowest BCUT2D eigenvalue weighted by molar-refractivity contribution is 0.188. The van der Waals surface area contributed by atoms with Gasteiger partial charge in [-0.1, -0.05) is 30.3 Å². The number of imidazole rings is 1. The van der Waals surface area contributed by atoms with Gasteiger partial charge in [0, 0.05) is 20.7 Å². The normalized spacial score (nSPS) is 11.9. The van der Waals surface area contributed by atoms with Gasteiger partial charge in [-0.3, -0.25) is 14.3 Å². The van der Waals surface area contributed by atoms with Crippen LogP contribution in [0.1, 0.15) is 12.5 Å². The number of anilines is 1. The van der Waals surface area contributed by atoms with Crippen molar-refractivity contribution < 1.29 is 4.74 Å². The van der Waals surface area contributed by atoms with E-state index in [-0.39, 0.29) is 5.65 Å². The number of benzene rings is 1. The number of hydrazone groups is 1. The van der Waals surface area contributed by atoms with Gasteiger partial charge in [0.05, 0.1) is 12.3 Å². The fraction of sp³-hybridized carbons (Fsp3) is 0.294. The van der Waals surface area contributed by atoms with Gasteiger partial charge in [-0.2, -0.15) is 10.1 Å². The highest BCUT2D eigenvalue weighted by atomic mass is 16.5. The second-order valence-electron chi connectivity index (χ2n) is 5.75. The number of hydrogen-bond donors (Lipinski definition) is 2. The topological polar surface area (TPSA) is 106 Å². The molecule has 2 N–H and O–H groups in total. The van der Waals surface area contributed by atoms with Gasteiger partial charge in [-0.25, -0.2) is 10.2 Å². The standard InChI is InChI=1S/C17H20N6O3/c1-11(12-7-5-4-6-8-12)20-21-16-18-14-13(23(16)9-10-26-3)15(24)19-17(25)22(14)2/h4-8H,9-10H2,1-3H3,(H,18,21)(H,19,24,25)/b20-11+. The number of nitrogens with zero attached hydrogens (tertiary/aromatic N) is 4. The third-order valence-electron chi connectivity index (χ3n) is 4.04. The second kappa shape index (κ2) is 7.36. The number of methoxy groups -OCH3 is 1. The maximum atomic E-state index is 12.3. The largest absolute Gasteiger partial charge is 0.383 e. The molecule has 0 aliphatic carbocycles. The molecule has 0 bridgehead atoms. The molecule has 2 aromatic heterocycles. The van der Waals surface area contributed by atoms with Crippen LogP contribution < -0.4 is 16.7 Å². The monoisotopic (exact) mass is 356 g/mol. The van der Waals surface area contributed by atoms with Crippen LogP contribution in [0.5, 0.6) is 0 Å². The second-order valence-corrected chi connectivity index (χ2v) is 5.75. The van der Waals surface area contributed by atoms with Crippen molar-refractivity contribution in [3.63, 3.8) is 0 Å². The van der Waals surface area contributed by atoms with Crippen molar-refractivity contribution in [3.8, 4) is 0 Å². The van der Waals surface area contributed by atoms with Gasteiger partial charge >= 0.3 is 5.69 Å². The zero-order chi connectivity index (χ0) is 18.7. The van der Waals surface area contributed by atoms with E-state index in [4.69, 9.17) is 4.74 Å². The number of hydrogen-bond acceptors (Lipinski definition) is 6. The first-order valence-electron chi connectivity index (χ1n) is 8.07. The van der Waals surface area contributed by atoms with Crippen LogP contribution >= 0.6 is 0 Å². The summed E-state index contributed by atoms with van der Waals surface area (Å²) < 4.78 is 8.06. The molecule has 1 aromatic carbocycles. The van der Waals surface area contributed by atoms with Crippen molar-refractivity contribution in [1.82, 2.24) is 19.1 Å². The average molecular weight is 356 g/mol. The number of rotatable bonds is 6. The Kier molecular flexibility index (Phi) is 4.99. The summed E-state index contributed by atoms with van der Waals surface area (Å²) in [7, 11) is 3.13. The lowest BCUT2D eigenvalue weighted by Crippen LogP contribution is -2.29. The highest BCUT2D eigenvalue weighted by Gasteiger charge is 2.17. The van der Waals surface area contributed by atoms with E-state index in [1.165, 1.54) is 4.57 Å². The predicted octanol–water partition coefficient (Wildman–Crippen LogP) is 0.906. The molecule has 0 saturated carbocycles. The SMILES string of the molecule is COCCn1c(N/N=C(\C)c2ccccc2)nc2c1c(=O)[nH]c(=O)n2C. The molecule has 2 heterocycles. The van der Waals surface area contributed by atoms with Crippen molar-refractivity contribution in [2.75, 3.05) is 19.1 Å². The Hall–Kier alpha value is -3.20. The average Bonchev–Trinajstić information content (AvgIpc) is 3.02. The Morgan fingerprint density at radius 3 is 2.73 bits per heavy atom. The molecule has 0 radical (unpaired) electrons. The third kappa shape index (κ3) is 3.29. The van der Waals surface area contributed by atoms with Crippen molar-refractivity contribution in [2.45, 2.75) is 13.5 Å². The number of ether oxygens (including phenoxy) is 1. The smallest absolute Gasteiger partial charge is 0.329 e. The Labute approximate surface area is 148 Å². The zero-order valence-electron chi connectivity index (χ0n) is 14.8. The molecule has 3 aromatic rings. The van der Waals surface area contributed by atoms with Crippen molar-refractivity contribution >= 4 is 22.8 Å². The fourth-order valence-corrected chi connectivity index (χ4v) is 2.60. The van der Waals surface area contributed by atoms with Gasteiger partial charge in [-0.05, 0) is 12.5 Å². The summed E-state index contributed by atoms with van der Waals surface area (Å²) in [5, 5.41) is 4.35. The molecule has 136 valence electrons. The number of fused-ring (bicyclic) bond motifs is 1. The summed E-state index contributed by atoms with van der Waals surface area (Å²) in [4.78, 5) is 30.8. The lowest BCUT2D eigenvalue weighted by Gasteiger charge is -2.08. The molecule has 26 heavy (non-hydrogen) atoms. The summed E-state index contributed by atoms with van der Waals surface area (Å²) in [5.41, 5.74) is 4.18. The molecule has 0 aliphatic rings. The van der Waals surface area contributed by atoms with Gasteiger partial charge in [0.2, 0.25) is 5.95 Å². The van der Waals surface area contributed by atoms with Gasteiger partial charge in [0.25, 0.3) is 5.56 Å². The molecule has 9 heteroatoms. The molecule has 0 atom stereocenters. The van der Waals surface area contributed by atoms with Gasteiger partial charge in [0.1, 0.15) is 0 Å². The van der Waals surface area contributed by atoms with E-state index in [1.807, 2.05) is 37.3 Å². The maximum Gasteiger partial charge on any atom is 0.329 e. The lowest BCUT2D eigenvalue weighted by atomic mass is 10.1. The first kappa shape index (κ1) is 17.6. The first-order chi connectivity index (χ1) is 12.5. The van der Waals surface area contributed by atoms with Crippen LogP contribution in [0.15, 0.2) is 45.0 Å². The molecule has 0 saturated heterocycles. The summed E-state index contributed by atoms with van der Waals surface area (Å²) in [6, 6.07) is 9.68. The summed E-state index contributed by atoms with van der Waals surface area (Å²) in [6.45, 7) is 2.63. The highest BCUT2D eigenvalue weighted by Crippen LogP contribution is 2.15. The number of aromatic nitrogens is 4. The molecule has 9 nitrogen and oxygen atoms in total. The van der Waals surface area contributed by atoms with Crippen LogP contribution in [-0.2, 0) is 18.3 Å². The number of aryl methyl sites for hydroxylation is 1. The summed E-state index contributed by atoms with van der Waals surface area (Å²) in [6.07, 6.45) is 0. The van der Waals surface area contributed by atoms with E-state index in [1.54, 1.807) is 18.7 Å². The Morgan fingerprint density at radius 2 is 2.04 bits per heavy atom. The minimum atomic E-state index is -0.519. The zero-order valence-corrected chi connectivity index (χ0v) is 14.8. The van der Waals surface area contributed by atoms with Crippen LogP contribution in [-0.4, -0.2) is 38.5 Å². The van der Waals surface area contributed by atoms with E-state index in [0.717, 1.165) is 11.3 Å². The van der Waals surface area contributed by atoms with Crippen molar-refractivity contribution in [1.29, 1.82) is 0 Å². The van der Waals surface area contributed by atoms with Gasteiger partial charge in [-0.15, -0.1) is 0 Å². The highest BCUT2D eigenvalue weighted by molar-refractivity contribution is 5.99. The molecular formula is C17H20N6O3. The predicted molar refractivity (Wildman–Crippen MR) is 99.7 cm³/mol. The molecule has 0 unspecified atom stereocenters. The molecule has 3 rings (SSSR count). The minimum absolute atomic E-state index is 0.282. The van der Waals surface area contributed by atoms with E-state index in [0.29, 0.717) is 24.6 Å². The maximum absolute atomic E-state index is 12.3. The summed E-state index contributed by atoms with van der Waals surface area (Å²) >= 11 is 0. The van der Waals surface area contributed by atoms with Crippen LogP contribution in [0, 0.1) is 0 Å². The molecular weight excluding hydrogens is 336 g/mol. The Morgan fingerprint density at radius 1 is 1.31 bits per heavy atom. The third-order valence-corrected chi connectivity index (χ3v) is 4.04. The molecule has 0 spiro atoms. The number of nitrogens with one attached hydrogen (secondary N) is 2. The van der Waals surface area contributed by atoms with E-state index >= 15 is 0 Å².